The van der Waals surface area contributed by atoms with Crippen LogP contribution in [-0.2, 0) is 16.1 Å². The van der Waals surface area contributed by atoms with Gasteiger partial charge in [0.15, 0.2) is 0 Å². The number of esters is 1. The molecule has 1 aliphatic rings. The summed E-state index contributed by atoms with van der Waals surface area (Å²) in [6.07, 6.45) is -3.67. The normalized spacial score (nSPS) is 24.0. The van der Waals surface area contributed by atoms with Crippen molar-refractivity contribution in [2.24, 2.45) is 17.3 Å². The first kappa shape index (κ1) is 16.9. The first-order valence-corrected chi connectivity index (χ1v) is 7.17. The second kappa shape index (κ2) is 5.95. The minimum Gasteiger partial charge on any atom is -0.461 e. The summed E-state index contributed by atoms with van der Waals surface area (Å²) >= 11 is 5.25. The molecule has 0 bridgehead atoms. The van der Waals surface area contributed by atoms with E-state index in [1.54, 1.807) is 13.8 Å². The van der Waals surface area contributed by atoms with Crippen molar-refractivity contribution in [1.29, 1.82) is 0 Å². The van der Waals surface area contributed by atoms with Gasteiger partial charge in [0, 0.05) is 0 Å². The van der Waals surface area contributed by atoms with Crippen molar-refractivity contribution in [2.45, 2.75) is 26.6 Å². The van der Waals surface area contributed by atoms with E-state index in [0.29, 0.717) is 0 Å². The average Bonchev–Trinajstić information content (AvgIpc) is 2.97. The van der Waals surface area contributed by atoms with E-state index in [4.69, 9.17) is 16.3 Å². The van der Waals surface area contributed by atoms with E-state index in [1.165, 1.54) is 0 Å². The Morgan fingerprint density at radius 1 is 1.32 bits per heavy atom. The van der Waals surface area contributed by atoms with Crippen LogP contribution >= 0.6 is 11.6 Å². The fraction of sp³-hybridized carbons (Fsp3) is 0.438. The third-order valence-electron chi connectivity index (χ3n) is 3.99. The van der Waals surface area contributed by atoms with Crippen LogP contribution in [0.4, 0.5) is 13.2 Å². The van der Waals surface area contributed by atoms with Gasteiger partial charge in [0.1, 0.15) is 11.6 Å². The van der Waals surface area contributed by atoms with Crippen LogP contribution in [0.2, 0.25) is 0 Å². The molecule has 1 aromatic carbocycles. The molecule has 6 heteroatoms. The number of alkyl halides is 3. The molecular formula is C16H16ClF3O2. The quantitative estimate of drug-likeness (QED) is 0.748. The van der Waals surface area contributed by atoms with Gasteiger partial charge in [0.2, 0.25) is 0 Å². The largest absolute Gasteiger partial charge is 0.461 e. The lowest BCUT2D eigenvalue weighted by atomic mass is 10.1. The van der Waals surface area contributed by atoms with Gasteiger partial charge in [0.25, 0.3) is 0 Å². The predicted octanol–water partition coefficient (Wildman–Crippen LogP) is 4.69. The molecule has 0 radical (unpaired) electrons. The van der Waals surface area contributed by atoms with Crippen LogP contribution in [-0.4, -0.2) is 12.1 Å². The number of benzene rings is 1. The SMILES string of the molecule is CC1(C)[C@H](C(=O)OCc2ccccc2)[C@@H]1/C=C(\Cl)C(F)(F)F. The van der Waals surface area contributed by atoms with E-state index in [0.717, 1.165) is 11.6 Å². The maximum atomic E-state index is 12.5. The smallest absolute Gasteiger partial charge is 0.426 e. The second-order valence-electron chi connectivity index (χ2n) is 5.93. The monoisotopic (exact) mass is 332 g/mol. The van der Waals surface area contributed by atoms with Crippen molar-refractivity contribution in [3.05, 3.63) is 47.0 Å². The maximum Gasteiger partial charge on any atom is 0.426 e. The summed E-state index contributed by atoms with van der Waals surface area (Å²) in [5.41, 5.74) is 0.244. The number of carbonyl (C=O) groups is 1. The third kappa shape index (κ3) is 3.64. The fourth-order valence-corrected chi connectivity index (χ4v) is 2.65. The summed E-state index contributed by atoms with van der Waals surface area (Å²) < 4.78 is 42.6. The lowest BCUT2D eigenvalue weighted by Crippen LogP contribution is -2.11. The van der Waals surface area contributed by atoms with Gasteiger partial charge in [-0.15, -0.1) is 0 Å². The lowest BCUT2D eigenvalue weighted by molar-refractivity contribution is -0.147. The molecule has 1 saturated carbocycles. The highest BCUT2D eigenvalue weighted by molar-refractivity contribution is 6.30. The second-order valence-corrected chi connectivity index (χ2v) is 6.34. The summed E-state index contributed by atoms with van der Waals surface area (Å²) in [4.78, 5) is 12.1. The van der Waals surface area contributed by atoms with Crippen LogP contribution in [0.25, 0.3) is 0 Å². The van der Waals surface area contributed by atoms with Gasteiger partial charge < -0.3 is 4.74 Å². The zero-order valence-corrected chi connectivity index (χ0v) is 12.9. The summed E-state index contributed by atoms with van der Waals surface area (Å²) in [7, 11) is 0. The highest BCUT2D eigenvalue weighted by Crippen LogP contribution is 2.60. The van der Waals surface area contributed by atoms with Crippen molar-refractivity contribution in [2.75, 3.05) is 0 Å². The summed E-state index contributed by atoms with van der Waals surface area (Å²) in [6.45, 7) is 3.56. The number of ether oxygens (including phenoxy) is 1. The molecule has 0 unspecified atom stereocenters. The Morgan fingerprint density at radius 3 is 2.45 bits per heavy atom. The molecule has 2 nitrogen and oxygen atoms in total. The molecular weight excluding hydrogens is 317 g/mol. The molecule has 2 atom stereocenters. The molecule has 0 saturated heterocycles. The Bertz CT molecular complexity index is 579. The van der Waals surface area contributed by atoms with E-state index in [2.05, 4.69) is 0 Å². The van der Waals surface area contributed by atoms with Gasteiger partial charge in [-0.2, -0.15) is 13.2 Å². The molecule has 0 aliphatic heterocycles. The van der Waals surface area contributed by atoms with Gasteiger partial charge in [-0.05, 0) is 16.9 Å². The minimum absolute atomic E-state index is 0.107. The fourth-order valence-electron chi connectivity index (χ4n) is 2.51. The summed E-state index contributed by atoms with van der Waals surface area (Å²) in [5.74, 6) is -1.67. The number of carbonyl (C=O) groups excluding carboxylic acids is 1. The Kier molecular flexibility index (Phi) is 4.57. The molecule has 120 valence electrons. The van der Waals surface area contributed by atoms with Gasteiger partial charge in [-0.25, -0.2) is 0 Å². The van der Waals surface area contributed by atoms with Crippen molar-refractivity contribution in [3.8, 4) is 0 Å². The number of allylic oxidation sites excluding steroid dienone is 2. The molecule has 0 heterocycles. The number of hydrogen-bond donors (Lipinski definition) is 0. The van der Waals surface area contributed by atoms with Crippen LogP contribution < -0.4 is 0 Å². The van der Waals surface area contributed by atoms with Crippen LogP contribution in [0.1, 0.15) is 19.4 Å². The Balaban J connectivity index is 1.99. The molecule has 1 fully saturated rings. The molecule has 22 heavy (non-hydrogen) atoms. The van der Waals surface area contributed by atoms with Crippen molar-refractivity contribution in [3.63, 3.8) is 0 Å². The van der Waals surface area contributed by atoms with Crippen molar-refractivity contribution < 1.29 is 22.7 Å². The summed E-state index contributed by atoms with van der Waals surface area (Å²) in [5, 5.41) is -1.19. The molecule has 1 aliphatic carbocycles. The number of halogens is 4. The van der Waals surface area contributed by atoms with E-state index < -0.39 is 34.4 Å². The van der Waals surface area contributed by atoms with Crippen LogP contribution in [0, 0.1) is 17.3 Å². The van der Waals surface area contributed by atoms with Gasteiger partial charge >= 0.3 is 12.1 Å². The van der Waals surface area contributed by atoms with Crippen molar-refractivity contribution in [1.82, 2.24) is 0 Å². The Morgan fingerprint density at radius 2 is 1.91 bits per heavy atom. The molecule has 0 N–H and O–H groups in total. The average molecular weight is 333 g/mol. The maximum absolute atomic E-state index is 12.5. The number of hydrogen-bond acceptors (Lipinski definition) is 2. The molecule has 0 amide bonds. The molecule has 0 spiro atoms. The van der Waals surface area contributed by atoms with Crippen LogP contribution in [0.3, 0.4) is 0 Å². The minimum atomic E-state index is -4.58. The Labute approximate surface area is 131 Å². The van der Waals surface area contributed by atoms with Crippen LogP contribution in [0.15, 0.2) is 41.4 Å². The van der Waals surface area contributed by atoms with E-state index in [-0.39, 0.29) is 6.61 Å². The van der Waals surface area contributed by atoms with Gasteiger partial charge in [0.05, 0.1) is 5.92 Å². The molecule has 1 aromatic rings. The Hall–Kier alpha value is -1.49. The molecule has 0 aromatic heterocycles. The van der Waals surface area contributed by atoms with E-state index in [9.17, 15) is 18.0 Å². The lowest BCUT2D eigenvalue weighted by Gasteiger charge is -2.05. The highest BCUT2D eigenvalue weighted by atomic mass is 35.5. The van der Waals surface area contributed by atoms with Crippen LogP contribution in [0.5, 0.6) is 0 Å². The first-order valence-electron chi connectivity index (χ1n) is 6.79. The number of rotatable bonds is 4. The van der Waals surface area contributed by atoms with E-state index >= 15 is 0 Å². The standard InChI is InChI=1S/C16H16ClF3O2/c1-15(2)11(8-12(17)16(18,19)20)13(15)14(21)22-9-10-6-4-3-5-7-10/h3-8,11,13H,9H2,1-2H3/b12-8-/t11-,13-/m0/s1. The molecule has 2 rings (SSSR count). The van der Waals surface area contributed by atoms with Crippen molar-refractivity contribution >= 4 is 17.6 Å². The zero-order valence-electron chi connectivity index (χ0n) is 12.2. The van der Waals surface area contributed by atoms with Gasteiger partial charge in [-0.1, -0.05) is 61.9 Å². The summed E-state index contributed by atoms with van der Waals surface area (Å²) in [6, 6.07) is 9.10. The van der Waals surface area contributed by atoms with Gasteiger partial charge in [-0.3, -0.25) is 4.79 Å². The first-order chi connectivity index (χ1) is 10.1. The predicted molar refractivity (Wildman–Crippen MR) is 77.0 cm³/mol. The zero-order chi connectivity index (χ0) is 16.5. The topological polar surface area (TPSA) is 26.3 Å². The third-order valence-corrected chi connectivity index (χ3v) is 4.33. The highest BCUT2D eigenvalue weighted by Gasteiger charge is 2.62. The van der Waals surface area contributed by atoms with E-state index in [1.807, 2.05) is 30.3 Å².